The summed E-state index contributed by atoms with van der Waals surface area (Å²) >= 11 is 0. The molecular weight excluding hydrogens is 228 g/mol. The van der Waals surface area contributed by atoms with E-state index in [1.807, 2.05) is 4.90 Å². The molecular formula is C14H18N2O2. The molecule has 1 saturated heterocycles. The molecule has 0 radical (unpaired) electrons. The van der Waals surface area contributed by atoms with E-state index in [1.54, 1.807) is 0 Å². The van der Waals surface area contributed by atoms with E-state index in [4.69, 9.17) is 4.74 Å². The number of hydrogen-bond acceptors (Lipinski definition) is 3. The van der Waals surface area contributed by atoms with Gasteiger partial charge in [0.15, 0.2) is 0 Å². The number of rotatable bonds is 3. The first kappa shape index (κ1) is 11.5. The maximum atomic E-state index is 10.6. The molecule has 2 aliphatic heterocycles. The highest BCUT2D eigenvalue weighted by atomic mass is 16.5. The first-order valence-corrected chi connectivity index (χ1v) is 6.51. The molecule has 1 aromatic carbocycles. The molecule has 1 amide bonds. The Morgan fingerprint density at radius 2 is 2.06 bits per heavy atom. The smallest absolute Gasteiger partial charge is 0.209 e. The Bertz CT molecular complexity index is 439. The molecule has 1 aromatic rings. The van der Waals surface area contributed by atoms with Crippen molar-refractivity contribution in [2.24, 2.45) is 0 Å². The van der Waals surface area contributed by atoms with E-state index in [-0.39, 0.29) is 0 Å². The van der Waals surface area contributed by atoms with E-state index < -0.39 is 0 Å². The van der Waals surface area contributed by atoms with Gasteiger partial charge in [-0.05, 0) is 17.2 Å². The molecule has 0 aromatic heterocycles. The van der Waals surface area contributed by atoms with Crippen molar-refractivity contribution in [3.8, 4) is 5.75 Å². The molecule has 0 spiro atoms. The zero-order valence-corrected chi connectivity index (χ0v) is 10.5. The van der Waals surface area contributed by atoms with Crippen molar-refractivity contribution in [1.82, 2.24) is 9.80 Å². The van der Waals surface area contributed by atoms with Crippen LogP contribution >= 0.6 is 0 Å². The second-order valence-electron chi connectivity index (χ2n) is 4.96. The Morgan fingerprint density at radius 3 is 2.83 bits per heavy atom. The summed E-state index contributed by atoms with van der Waals surface area (Å²) in [5, 5.41) is 0. The first-order valence-electron chi connectivity index (χ1n) is 6.51. The molecule has 0 aliphatic carbocycles. The molecule has 2 heterocycles. The lowest BCUT2D eigenvalue weighted by Gasteiger charge is -2.32. The van der Waals surface area contributed by atoms with E-state index in [0.29, 0.717) is 0 Å². The number of amides is 1. The summed E-state index contributed by atoms with van der Waals surface area (Å²) in [6, 6.07) is 6.49. The minimum absolute atomic E-state index is 0.816. The molecule has 2 aliphatic rings. The molecule has 3 rings (SSSR count). The third-order valence-corrected chi connectivity index (χ3v) is 3.72. The zero-order chi connectivity index (χ0) is 12.4. The predicted octanol–water partition coefficient (Wildman–Crippen LogP) is 0.895. The largest absolute Gasteiger partial charge is 0.493 e. The molecule has 0 saturated carbocycles. The lowest BCUT2D eigenvalue weighted by molar-refractivity contribution is -0.119. The fraction of sp³-hybridized carbons (Fsp3) is 0.500. The van der Waals surface area contributed by atoms with Gasteiger partial charge in [-0.25, -0.2) is 0 Å². The van der Waals surface area contributed by atoms with Gasteiger partial charge in [-0.1, -0.05) is 12.1 Å². The Labute approximate surface area is 107 Å². The Hall–Kier alpha value is -1.55. The van der Waals surface area contributed by atoms with Crippen LogP contribution in [0.1, 0.15) is 11.1 Å². The van der Waals surface area contributed by atoms with Crippen LogP contribution in [0.15, 0.2) is 18.2 Å². The Kier molecular flexibility index (Phi) is 3.19. The van der Waals surface area contributed by atoms with Gasteiger partial charge in [-0.3, -0.25) is 9.69 Å². The molecule has 18 heavy (non-hydrogen) atoms. The van der Waals surface area contributed by atoms with Gasteiger partial charge >= 0.3 is 0 Å². The number of ether oxygens (including phenoxy) is 1. The quantitative estimate of drug-likeness (QED) is 0.743. The maximum absolute atomic E-state index is 10.6. The second-order valence-corrected chi connectivity index (χ2v) is 4.96. The van der Waals surface area contributed by atoms with Crippen LogP contribution in [-0.2, 0) is 17.8 Å². The molecule has 0 unspecified atom stereocenters. The van der Waals surface area contributed by atoms with Crippen molar-refractivity contribution in [2.45, 2.75) is 13.0 Å². The molecule has 1 fully saturated rings. The Morgan fingerprint density at radius 1 is 1.22 bits per heavy atom. The third kappa shape index (κ3) is 2.34. The number of carbonyl (C=O) groups is 1. The molecule has 0 bridgehead atoms. The first-order chi connectivity index (χ1) is 8.85. The monoisotopic (exact) mass is 246 g/mol. The standard InChI is InChI=1S/C14H18N2O2/c17-11-16-6-4-15(5-7-16)10-12-1-2-14-13(9-12)3-8-18-14/h1-2,9,11H,3-8,10H2. The highest BCUT2D eigenvalue weighted by Gasteiger charge is 2.17. The number of piperazine rings is 1. The van der Waals surface area contributed by atoms with Crippen molar-refractivity contribution in [3.05, 3.63) is 29.3 Å². The average molecular weight is 246 g/mol. The number of fused-ring (bicyclic) bond motifs is 1. The molecule has 96 valence electrons. The van der Waals surface area contributed by atoms with Gasteiger partial charge in [0.05, 0.1) is 6.61 Å². The molecule has 4 nitrogen and oxygen atoms in total. The minimum atomic E-state index is 0.816. The van der Waals surface area contributed by atoms with Crippen LogP contribution < -0.4 is 4.74 Å². The third-order valence-electron chi connectivity index (χ3n) is 3.72. The van der Waals surface area contributed by atoms with Gasteiger partial charge in [-0.15, -0.1) is 0 Å². The van der Waals surface area contributed by atoms with Crippen molar-refractivity contribution in [3.63, 3.8) is 0 Å². The topological polar surface area (TPSA) is 32.8 Å². The predicted molar refractivity (Wildman–Crippen MR) is 68.6 cm³/mol. The molecule has 4 heteroatoms. The normalized spacial score (nSPS) is 19.4. The van der Waals surface area contributed by atoms with Crippen molar-refractivity contribution in [2.75, 3.05) is 32.8 Å². The van der Waals surface area contributed by atoms with E-state index in [9.17, 15) is 4.79 Å². The fourth-order valence-electron chi connectivity index (χ4n) is 2.62. The summed E-state index contributed by atoms with van der Waals surface area (Å²) in [7, 11) is 0. The van der Waals surface area contributed by atoms with E-state index in [1.165, 1.54) is 11.1 Å². The summed E-state index contributed by atoms with van der Waals surface area (Å²) in [5.41, 5.74) is 2.68. The van der Waals surface area contributed by atoms with Gasteiger partial charge in [-0.2, -0.15) is 0 Å². The maximum Gasteiger partial charge on any atom is 0.209 e. The lowest BCUT2D eigenvalue weighted by atomic mass is 10.1. The Balaban J connectivity index is 1.61. The van der Waals surface area contributed by atoms with Crippen LogP contribution in [-0.4, -0.2) is 49.0 Å². The lowest BCUT2D eigenvalue weighted by Crippen LogP contribution is -2.45. The van der Waals surface area contributed by atoms with Crippen molar-refractivity contribution in [1.29, 1.82) is 0 Å². The molecule has 0 N–H and O–H groups in total. The van der Waals surface area contributed by atoms with E-state index in [2.05, 4.69) is 23.1 Å². The minimum Gasteiger partial charge on any atom is -0.493 e. The van der Waals surface area contributed by atoms with Gasteiger partial charge in [0.1, 0.15) is 5.75 Å². The number of carbonyl (C=O) groups excluding carboxylic acids is 1. The van der Waals surface area contributed by atoms with Crippen LogP contribution in [0.3, 0.4) is 0 Å². The SMILES string of the molecule is O=CN1CCN(Cc2ccc3c(c2)CCO3)CC1. The number of nitrogens with zero attached hydrogens (tertiary/aromatic N) is 2. The summed E-state index contributed by atoms with van der Waals surface area (Å²) in [4.78, 5) is 14.9. The zero-order valence-electron chi connectivity index (χ0n) is 10.5. The van der Waals surface area contributed by atoms with Crippen LogP contribution in [0.25, 0.3) is 0 Å². The van der Waals surface area contributed by atoms with Crippen LogP contribution in [0.5, 0.6) is 5.75 Å². The van der Waals surface area contributed by atoms with E-state index in [0.717, 1.165) is 57.9 Å². The van der Waals surface area contributed by atoms with Crippen molar-refractivity contribution >= 4 is 6.41 Å². The number of benzene rings is 1. The van der Waals surface area contributed by atoms with Gasteiger partial charge in [0.2, 0.25) is 6.41 Å². The molecule has 0 atom stereocenters. The second kappa shape index (κ2) is 4.98. The summed E-state index contributed by atoms with van der Waals surface area (Å²) < 4.78 is 5.51. The van der Waals surface area contributed by atoms with Crippen LogP contribution in [0, 0.1) is 0 Å². The summed E-state index contributed by atoms with van der Waals surface area (Å²) in [6.07, 6.45) is 1.98. The fourth-order valence-corrected chi connectivity index (χ4v) is 2.62. The van der Waals surface area contributed by atoms with Gasteiger partial charge in [0, 0.05) is 39.1 Å². The van der Waals surface area contributed by atoms with Crippen LogP contribution in [0.2, 0.25) is 0 Å². The highest BCUT2D eigenvalue weighted by molar-refractivity contribution is 5.47. The number of hydrogen-bond donors (Lipinski definition) is 0. The summed E-state index contributed by atoms with van der Waals surface area (Å²) in [6.45, 7) is 5.41. The van der Waals surface area contributed by atoms with Gasteiger partial charge < -0.3 is 9.64 Å². The highest BCUT2D eigenvalue weighted by Crippen LogP contribution is 2.26. The van der Waals surface area contributed by atoms with E-state index >= 15 is 0 Å². The van der Waals surface area contributed by atoms with Crippen molar-refractivity contribution < 1.29 is 9.53 Å². The average Bonchev–Trinajstić information content (AvgIpc) is 2.87. The van der Waals surface area contributed by atoms with Gasteiger partial charge in [0.25, 0.3) is 0 Å². The van der Waals surface area contributed by atoms with Crippen LogP contribution in [0.4, 0.5) is 0 Å². The summed E-state index contributed by atoms with van der Waals surface area (Å²) in [5.74, 6) is 1.05.